The first kappa shape index (κ1) is 20.5. The molecule has 0 unspecified atom stereocenters. The average Bonchev–Trinajstić information content (AvgIpc) is 2.87. The summed E-state index contributed by atoms with van der Waals surface area (Å²) in [6.07, 6.45) is 0. The lowest BCUT2D eigenvalue weighted by Gasteiger charge is -2.10. The molecule has 0 amide bonds. The third-order valence-electron chi connectivity index (χ3n) is 3.34. The second kappa shape index (κ2) is 10.4. The molecule has 136 valence electrons. The Balaban J connectivity index is 2.43. The molecule has 0 fully saturated rings. The minimum atomic E-state index is -0.384. The average molecular weight is 356 g/mol. The van der Waals surface area contributed by atoms with E-state index in [-0.39, 0.29) is 11.5 Å². The highest BCUT2D eigenvalue weighted by Gasteiger charge is 2.14. The molecule has 0 saturated carbocycles. The molecule has 0 radical (unpaired) electrons. The van der Waals surface area contributed by atoms with Crippen LogP contribution in [0.25, 0.3) is 0 Å². The maximum absolute atomic E-state index is 10.5. The van der Waals surface area contributed by atoms with Crippen molar-refractivity contribution in [1.82, 2.24) is 10.2 Å². The van der Waals surface area contributed by atoms with E-state index in [4.69, 9.17) is 4.42 Å². The monoisotopic (exact) mass is 356 g/mol. The SMILES string of the molecule is CN=C(C[N+](=O)[O-])NCCSCc1cc(C(C)C)c(CN(C)C)o1. The molecule has 0 spiro atoms. The van der Waals surface area contributed by atoms with Crippen LogP contribution in [0.5, 0.6) is 0 Å². The van der Waals surface area contributed by atoms with Gasteiger partial charge >= 0.3 is 0 Å². The highest BCUT2D eigenvalue weighted by Crippen LogP contribution is 2.26. The van der Waals surface area contributed by atoms with Crippen molar-refractivity contribution in [2.45, 2.75) is 32.1 Å². The minimum absolute atomic E-state index is 0.259. The molecule has 0 aromatic carbocycles. The lowest BCUT2D eigenvalue weighted by molar-refractivity contribution is -0.463. The zero-order valence-corrected chi connectivity index (χ0v) is 16.0. The molecule has 1 aromatic rings. The summed E-state index contributed by atoms with van der Waals surface area (Å²) in [4.78, 5) is 16.1. The Morgan fingerprint density at radius 2 is 2.21 bits per heavy atom. The van der Waals surface area contributed by atoms with Crippen LogP contribution >= 0.6 is 11.8 Å². The van der Waals surface area contributed by atoms with Crippen molar-refractivity contribution in [2.75, 3.05) is 40.0 Å². The fourth-order valence-corrected chi connectivity index (χ4v) is 2.97. The predicted octanol–water partition coefficient (Wildman–Crippen LogP) is 2.59. The van der Waals surface area contributed by atoms with Gasteiger partial charge in [0.25, 0.3) is 6.54 Å². The second-order valence-electron chi connectivity index (χ2n) is 6.12. The lowest BCUT2D eigenvalue weighted by atomic mass is 10.0. The number of hydrogen-bond donors (Lipinski definition) is 1. The zero-order valence-electron chi connectivity index (χ0n) is 15.2. The first-order valence-electron chi connectivity index (χ1n) is 7.98. The van der Waals surface area contributed by atoms with E-state index in [1.807, 2.05) is 14.1 Å². The molecule has 0 aliphatic rings. The number of hydrogen-bond acceptors (Lipinski definition) is 6. The normalized spacial score (nSPS) is 12.2. The molecular weight excluding hydrogens is 328 g/mol. The van der Waals surface area contributed by atoms with Gasteiger partial charge in [0.1, 0.15) is 11.5 Å². The van der Waals surface area contributed by atoms with Crippen LogP contribution < -0.4 is 5.32 Å². The smallest absolute Gasteiger partial charge is 0.259 e. The van der Waals surface area contributed by atoms with Gasteiger partial charge in [-0.3, -0.25) is 15.1 Å². The van der Waals surface area contributed by atoms with Gasteiger partial charge in [-0.15, -0.1) is 0 Å². The summed E-state index contributed by atoms with van der Waals surface area (Å²) in [5.41, 5.74) is 1.27. The van der Waals surface area contributed by atoms with Crippen LogP contribution in [-0.2, 0) is 12.3 Å². The lowest BCUT2D eigenvalue weighted by Crippen LogP contribution is -2.31. The molecule has 0 aliphatic heterocycles. The molecule has 7 nitrogen and oxygen atoms in total. The van der Waals surface area contributed by atoms with Crippen LogP contribution in [-0.4, -0.2) is 55.6 Å². The van der Waals surface area contributed by atoms with E-state index in [1.165, 1.54) is 5.56 Å². The maximum Gasteiger partial charge on any atom is 0.259 e. The van der Waals surface area contributed by atoms with Gasteiger partial charge in [-0.05, 0) is 31.6 Å². The van der Waals surface area contributed by atoms with Gasteiger partial charge in [-0.25, -0.2) is 0 Å². The van der Waals surface area contributed by atoms with Crippen LogP contribution in [0.15, 0.2) is 15.5 Å². The molecule has 1 aromatic heterocycles. The van der Waals surface area contributed by atoms with E-state index in [1.54, 1.807) is 18.8 Å². The molecule has 1 N–H and O–H groups in total. The molecule has 1 rings (SSSR count). The minimum Gasteiger partial charge on any atom is -0.464 e. The number of amidine groups is 1. The number of aliphatic imine (C=N–C) groups is 1. The molecule has 24 heavy (non-hydrogen) atoms. The Morgan fingerprint density at radius 1 is 1.50 bits per heavy atom. The van der Waals surface area contributed by atoms with E-state index in [0.29, 0.717) is 18.3 Å². The van der Waals surface area contributed by atoms with Crippen molar-refractivity contribution in [3.05, 3.63) is 33.3 Å². The molecule has 8 heteroatoms. The summed E-state index contributed by atoms with van der Waals surface area (Å²) in [6, 6.07) is 2.15. The predicted molar refractivity (Wildman–Crippen MR) is 99.6 cm³/mol. The first-order valence-corrected chi connectivity index (χ1v) is 9.14. The van der Waals surface area contributed by atoms with E-state index >= 15 is 0 Å². The van der Waals surface area contributed by atoms with Crippen molar-refractivity contribution >= 4 is 17.6 Å². The van der Waals surface area contributed by atoms with Crippen molar-refractivity contribution < 1.29 is 9.34 Å². The van der Waals surface area contributed by atoms with E-state index < -0.39 is 0 Å². The quantitative estimate of drug-likeness (QED) is 0.228. The standard InChI is InChI=1S/C16H28N4O3S/c1-12(2)14-8-13(23-15(14)9-19(4)5)11-24-7-6-18-16(17-3)10-20(21)22/h8,12H,6-7,9-11H2,1-5H3,(H,17,18). The number of nitrogens with zero attached hydrogens (tertiary/aromatic N) is 3. The van der Waals surface area contributed by atoms with Crippen LogP contribution in [0.4, 0.5) is 0 Å². The molecule has 0 bridgehead atoms. The van der Waals surface area contributed by atoms with Crippen molar-refractivity contribution in [1.29, 1.82) is 0 Å². The second-order valence-corrected chi connectivity index (χ2v) is 7.23. The Morgan fingerprint density at radius 3 is 2.75 bits per heavy atom. The van der Waals surface area contributed by atoms with Crippen molar-refractivity contribution in [2.24, 2.45) is 4.99 Å². The third kappa shape index (κ3) is 7.35. The van der Waals surface area contributed by atoms with Gasteiger partial charge in [-0.2, -0.15) is 11.8 Å². The molecule has 1 heterocycles. The fraction of sp³-hybridized carbons (Fsp3) is 0.688. The van der Waals surface area contributed by atoms with E-state index in [2.05, 4.69) is 35.1 Å². The van der Waals surface area contributed by atoms with Gasteiger partial charge in [0, 0.05) is 24.3 Å². The summed E-state index contributed by atoms with van der Waals surface area (Å²) in [5.74, 6) is 4.49. The fourth-order valence-electron chi connectivity index (χ4n) is 2.24. The number of nitrogens with one attached hydrogen (secondary N) is 1. The Hall–Kier alpha value is -1.54. The topological polar surface area (TPSA) is 83.9 Å². The third-order valence-corrected chi connectivity index (χ3v) is 4.32. The van der Waals surface area contributed by atoms with Crippen LogP contribution in [0.3, 0.4) is 0 Å². The number of furan rings is 1. The van der Waals surface area contributed by atoms with Gasteiger partial charge in [0.05, 0.1) is 12.3 Å². The molecular formula is C16H28N4O3S. The van der Waals surface area contributed by atoms with E-state index in [0.717, 1.165) is 29.6 Å². The van der Waals surface area contributed by atoms with Gasteiger partial charge < -0.3 is 14.6 Å². The molecule has 0 saturated heterocycles. The summed E-state index contributed by atoms with van der Waals surface area (Å²) < 4.78 is 5.99. The summed E-state index contributed by atoms with van der Waals surface area (Å²) in [5, 5.41) is 13.5. The molecule has 0 atom stereocenters. The number of rotatable bonds is 10. The van der Waals surface area contributed by atoms with Gasteiger partial charge in [0.2, 0.25) is 0 Å². The van der Waals surface area contributed by atoms with Crippen LogP contribution in [0.1, 0.15) is 36.8 Å². The summed E-state index contributed by atoms with van der Waals surface area (Å²) in [6.45, 7) is 5.53. The van der Waals surface area contributed by atoms with Gasteiger partial charge in [0.15, 0.2) is 5.84 Å². The highest BCUT2D eigenvalue weighted by molar-refractivity contribution is 7.98. The number of nitro groups is 1. The number of thioether (sulfide) groups is 1. The Bertz CT molecular complexity index is 556. The van der Waals surface area contributed by atoms with Crippen molar-refractivity contribution in [3.63, 3.8) is 0 Å². The van der Waals surface area contributed by atoms with E-state index in [9.17, 15) is 10.1 Å². The largest absolute Gasteiger partial charge is 0.464 e. The Kier molecular flexibility index (Phi) is 8.84. The first-order chi connectivity index (χ1) is 11.3. The van der Waals surface area contributed by atoms with Crippen LogP contribution in [0.2, 0.25) is 0 Å². The van der Waals surface area contributed by atoms with Crippen molar-refractivity contribution in [3.8, 4) is 0 Å². The summed E-state index contributed by atoms with van der Waals surface area (Å²) in [7, 11) is 5.62. The van der Waals surface area contributed by atoms with Crippen LogP contribution in [0, 0.1) is 10.1 Å². The summed E-state index contributed by atoms with van der Waals surface area (Å²) >= 11 is 1.74. The van der Waals surface area contributed by atoms with Gasteiger partial charge in [-0.1, -0.05) is 13.8 Å². The zero-order chi connectivity index (χ0) is 18.1. The highest BCUT2D eigenvalue weighted by atomic mass is 32.2. The maximum atomic E-state index is 10.5. The Labute approximate surface area is 148 Å². The molecule has 0 aliphatic carbocycles.